The Balaban J connectivity index is 1.98. The second-order valence-electron chi connectivity index (χ2n) is 4.62. The Hall–Kier alpha value is -1.26. The molecule has 0 unspecified atom stereocenters. The third kappa shape index (κ3) is 3.39. The number of ether oxygens (including phenoxy) is 1. The summed E-state index contributed by atoms with van der Waals surface area (Å²) < 4.78 is 5.58. The fourth-order valence-electron chi connectivity index (χ4n) is 2.12. The van der Waals surface area contributed by atoms with Crippen LogP contribution in [-0.4, -0.2) is 30.0 Å². The van der Waals surface area contributed by atoms with E-state index in [1.807, 2.05) is 11.8 Å². The number of carbonyl (C=O) groups excluding carboxylic acids is 1. The molecule has 4 nitrogen and oxygen atoms in total. The van der Waals surface area contributed by atoms with E-state index in [1.54, 1.807) is 18.2 Å². The zero-order chi connectivity index (χ0) is 13.8. The standard InChI is InChI=1S/C14H19ClN2O2/c1-2-17(10-6-7-10)14(18)9-19-13-5-3-4-12(15)11(13)8-16/h3-5,10H,2,6-9,16H2,1H3. The molecule has 1 amide bonds. The average molecular weight is 283 g/mol. The quantitative estimate of drug-likeness (QED) is 0.870. The second kappa shape index (κ2) is 6.26. The number of hydrogen-bond donors (Lipinski definition) is 1. The maximum absolute atomic E-state index is 12.1. The number of likely N-dealkylation sites (N-methyl/N-ethyl adjacent to an activating group) is 1. The molecule has 0 spiro atoms. The van der Waals surface area contributed by atoms with Crippen molar-refractivity contribution in [3.63, 3.8) is 0 Å². The first kappa shape index (κ1) is 14.2. The van der Waals surface area contributed by atoms with Gasteiger partial charge in [-0.3, -0.25) is 4.79 Å². The number of nitrogens with two attached hydrogens (primary N) is 1. The summed E-state index contributed by atoms with van der Waals surface area (Å²) in [5, 5.41) is 0.571. The molecule has 2 N–H and O–H groups in total. The van der Waals surface area contributed by atoms with Gasteiger partial charge in [-0.25, -0.2) is 0 Å². The molecule has 1 aromatic rings. The lowest BCUT2D eigenvalue weighted by Crippen LogP contribution is -2.36. The smallest absolute Gasteiger partial charge is 0.260 e. The zero-order valence-electron chi connectivity index (χ0n) is 11.1. The lowest BCUT2D eigenvalue weighted by atomic mass is 10.2. The Kier molecular flexibility index (Phi) is 4.66. The van der Waals surface area contributed by atoms with Crippen LogP contribution in [-0.2, 0) is 11.3 Å². The molecule has 5 heteroatoms. The maximum Gasteiger partial charge on any atom is 0.260 e. The van der Waals surface area contributed by atoms with Crippen LogP contribution in [0.2, 0.25) is 5.02 Å². The number of hydrogen-bond acceptors (Lipinski definition) is 3. The van der Waals surface area contributed by atoms with E-state index in [-0.39, 0.29) is 12.5 Å². The lowest BCUT2D eigenvalue weighted by Gasteiger charge is -2.21. The summed E-state index contributed by atoms with van der Waals surface area (Å²) in [4.78, 5) is 13.9. The van der Waals surface area contributed by atoms with Gasteiger partial charge in [0, 0.05) is 29.7 Å². The van der Waals surface area contributed by atoms with Gasteiger partial charge < -0.3 is 15.4 Å². The molecule has 1 fully saturated rings. The third-order valence-corrected chi connectivity index (χ3v) is 3.63. The Morgan fingerprint density at radius 3 is 2.84 bits per heavy atom. The van der Waals surface area contributed by atoms with E-state index in [2.05, 4.69) is 0 Å². The van der Waals surface area contributed by atoms with Crippen molar-refractivity contribution in [1.29, 1.82) is 0 Å². The Morgan fingerprint density at radius 1 is 1.53 bits per heavy atom. The molecule has 0 saturated heterocycles. The van der Waals surface area contributed by atoms with Gasteiger partial charge in [0.1, 0.15) is 5.75 Å². The van der Waals surface area contributed by atoms with E-state index in [9.17, 15) is 4.79 Å². The van der Waals surface area contributed by atoms with E-state index in [0.717, 1.165) is 24.9 Å². The van der Waals surface area contributed by atoms with E-state index in [1.165, 1.54) is 0 Å². The van der Waals surface area contributed by atoms with Crippen LogP contribution in [0, 0.1) is 0 Å². The Labute approximate surface area is 118 Å². The van der Waals surface area contributed by atoms with Crippen LogP contribution in [0.4, 0.5) is 0 Å². The van der Waals surface area contributed by atoms with Gasteiger partial charge in [-0.15, -0.1) is 0 Å². The van der Waals surface area contributed by atoms with Crippen molar-refractivity contribution in [1.82, 2.24) is 4.90 Å². The van der Waals surface area contributed by atoms with Gasteiger partial charge in [0.15, 0.2) is 6.61 Å². The minimum Gasteiger partial charge on any atom is -0.483 e. The van der Waals surface area contributed by atoms with Crippen molar-refractivity contribution < 1.29 is 9.53 Å². The number of halogens is 1. The Bertz CT molecular complexity index is 461. The highest BCUT2D eigenvalue weighted by atomic mass is 35.5. The summed E-state index contributed by atoms with van der Waals surface area (Å²) in [6.45, 7) is 3.05. The first-order valence-electron chi connectivity index (χ1n) is 6.57. The van der Waals surface area contributed by atoms with Gasteiger partial charge in [-0.2, -0.15) is 0 Å². The van der Waals surface area contributed by atoms with E-state index >= 15 is 0 Å². The molecule has 0 heterocycles. The normalized spacial score (nSPS) is 14.3. The van der Waals surface area contributed by atoms with Gasteiger partial charge in [-0.05, 0) is 31.9 Å². The van der Waals surface area contributed by atoms with Crippen LogP contribution >= 0.6 is 11.6 Å². The molecule has 104 valence electrons. The molecule has 0 aromatic heterocycles. The van der Waals surface area contributed by atoms with Crippen molar-refractivity contribution in [2.45, 2.75) is 32.4 Å². The molecule has 1 aliphatic rings. The molecular formula is C14H19ClN2O2. The highest BCUT2D eigenvalue weighted by Gasteiger charge is 2.31. The number of benzene rings is 1. The van der Waals surface area contributed by atoms with Crippen LogP contribution in [0.1, 0.15) is 25.3 Å². The minimum atomic E-state index is 0.0212. The van der Waals surface area contributed by atoms with Gasteiger partial charge in [0.25, 0.3) is 5.91 Å². The summed E-state index contributed by atoms with van der Waals surface area (Å²) in [6.07, 6.45) is 2.20. The number of rotatable bonds is 6. The molecule has 2 rings (SSSR count). The largest absolute Gasteiger partial charge is 0.483 e. The van der Waals surface area contributed by atoms with E-state index in [0.29, 0.717) is 23.4 Å². The van der Waals surface area contributed by atoms with Crippen LogP contribution in [0.15, 0.2) is 18.2 Å². The molecule has 1 aliphatic carbocycles. The predicted octanol–water partition coefficient (Wildman–Crippen LogP) is 2.19. The topological polar surface area (TPSA) is 55.6 Å². The SMILES string of the molecule is CCN(C(=O)COc1cccc(Cl)c1CN)C1CC1. The van der Waals surface area contributed by atoms with Gasteiger partial charge in [0.2, 0.25) is 0 Å². The van der Waals surface area contributed by atoms with E-state index in [4.69, 9.17) is 22.1 Å². The molecule has 19 heavy (non-hydrogen) atoms. The fourth-order valence-corrected chi connectivity index (χ4v) is 2.36. The van der Waals surface area contributed by atoms with Crippen molar-refractivity contribution in [2.24, 2.45) is 5.73 Å². The molecule has 0 aliphatic heterocycles. The summed E-state index contributed by atoms with van der Waals surface area (Å²) in [5.41, 5.74) is 6.38. The second-order valence-corrected chi connectivity index (χ2v) is 5.03. The monoisotopic (exact) mass is 282 g/mol. The van der Waals surface area contributed by atoms with Crippen LogP contribution in [0.5, 0.6) is 5.75 Å². The lowest BCUT2D eigenvalue weighted by molar-refractivity contribution is -0.133. The van der Waals surface area contributed by atoms with Crippen molar-refractivity contribution in [3.05, 3.63) is 28.8 Å². The summed E-state index contributed by atoms with van der Waals surface area (Å²) >= 11 is 6.04. The van der Waals surface area contributed by atoms with Crippen molar-refractivity contribution in [3.8, 4) is 5.75 Å². The van der Waals surface area contributed by atoms with Crippen molar-refractivity contribution >= 4 is 17.5 Å². The predicted molar refractivity (Wildman–Crippen MR) is 75.2 cm³/mol. The van der Waals surface area contributed by atoms with Crippen LogP contribution in [0.25, 0.3) is 0 Å². The Morgan fingerprint density at radius 2 is 2.26 bits per heavy atom. The molecule has 0 radical (unpaired) electrons. The molecular weight excluding hydrogens is 264 g/mol. The average Bonchev–Trinajstić information content (AvgIpc) is 3.22. The number of carbonyl (C=O) groups is 1. The first-order valence-corrected chi connectivity index (χ1v) is 6.94. The van der Waals surface area contributed by atoms with Crippen LogP contribution in [0.3, 0.4) is 0 Å². The maximum atomic E-state index is 12.1. The fraction of sp³-hybridized carbons (Fsp3) is 0.500. The summed E-state index contributed by atoms with van der Waals surface area (Å²) in [5.74, 6) is 0.614. The van der Waals surface area contributed by atoms with Gasteiger partial charge in [0.05, 0.1) is 0 Å². The highest BCUT2D eigenvalue weighted by Crippen LogP contribution is 2.28. The summed E-state index contributed by atoms with van der Waals surface area (Å²) in [7, 11) is 0. The van der Waals surface area contributed by atoms with Gasteiger partial charge in [-0.1, -0.05) is 17.7 Å². The highest BCUT2D eigenvalue weighted by molar-refractivity contribution is 6.31. The molecule has 1 saturated carbocycles. The third-order valence-electron chi connectivity index (χ3n) is 3.28. The zero-order valence-corrected chi connectivity index (χ0v) is 11.8. The summed E-state index contributed by atoms with van der Waals surface area (Å²) in [6, 6.07) is 5.75. The minimum absolute atomic E-state index is 0.0212. The number of nitrogens with zero attached hydrogens (tertiary/aromatic N) is 1. The van der Waals surface area contributed by atoms with E-state index < -0.39 is 0 Å². The van der Waals surface area contributed by atoms with Gasteiger partial charge >= 0.3 is 0 Å². The molecule has 0 atom stereocenters. The molecule has 0 bridgehead atoms. The van der Waals surface area contributed by atoms with Crippen LogP contribution < -0.4 is 10.5 Å². The van der Waals surface area contributed by atoms with Crippen molar-refractivity contribution in [2.75, 3.05) is 13.2 Å². The molecule has 1 aromatic carbocycles. The first-order chi connectivity index (χ1) is 9.17. The number of amides is 1.